The van der Waals surface area contributed by atoms with Crippen LogP contribution in [0.1, 0.15) is 38.4 Å². The van der Waals surface area contributed by atoms with E-state index >= 15 is 0 Å². The van der Waals surface area contributed by atoms with Gasteiger partial charge >= 0.3 is 0 Å². The van der Waals surface area contributed by atoms with Crippen LogP contribution >= 0.6 is 0 Å². The lowest BCUT2D eigenvalue weighted by molar-refractivity contribution is 0.272. The zero-order chi connectivity index (χ0) is 22.1. The monoisotopic (exact) mass is 437 g/mol. The van der Waals surface area contributed by atoms with Gasteiger partial charge < -0.3 is 24.7 Å². The molecule has 1 aromatic heterocycles. The molecule has 2 aromatic carbocycles. The van der Waals surface area contributed by atoms with E-state index in [1.165, 1.54) is 0 Å². The Bertz CT molecular complexity index is 1170. The lowest BCUT2D eigenvalue weighted by atomic mass is 10.1. The van der Waals surface area contributed by atoms with Gasteiger partial charge in [0.2, 0.25) is 5.95 Å². The minimum Gasteiger partial charge on any atom is -0.490 e. The summed E-state index contributed by atoms with van der Waals surface area (Å²) in [5, 5.41) is 3.08. The highest BCUT2D eigenvalue weighted by Crippen LogP contribution is 2.43. The molecule has 32 heavy (non-hydrogen) atoms. The number of hydrogen-bond donors (Lipinski definition) is 2. The largest absolute Gasteiger partial charge is 0.490 e. The van der Waals surface area contributed by atoms with Crippen LogP contribution in [-0.2, 0) is 0 Å². The molecule has 3 N–H and O–H groups in total. The number of anilines is 1. The molecule has 9 heteroatoms. The smallest absolute Gasteiger partial charge is 0.212 e. The number of para-hydroxylation sites is 1. The molecule has 3 heterocycles. The first-order valence-electron chi connectivity index (χ1n) is 11.0. The third-order valence-corrected chi connectivity index (χ3v) is 5.34. The van der Waals surface area contributed by atoms with Gasteiger partial charge in [-0.25, -0.2) is 9.98 Å². The van der Waals surface area contributed by atoms with E-state index in [-0.39, 0.29) is 5.96 Å². The molecular weight excluding hydrogens is 410 g/mol. The number of guanidine groups is 1. The first kappa shape index (κ1) is 20.3. The van der Waals surface area contributed by atoms with Gasteiger partial charge in [0.15, 0.2) is 35.1 Å². The molecule has 0 fully saturated rings. The van der Waals surface area contributed by atoms with Crippen LogP contribution in [0.25, 0.3) is 11.0 Å². The standard InChI is InChI=1S/C23H27N5O4/c1-3-9-32-20-14(7-5-8-17(20)29-4-2)21-26-22(24)27-23-25-15-12-18-19(13-16(15)28(21)23)31-11-6-10-30-18/h5,7-8,12-13,21H,3-4,6,9-11H2,1-2H3,(H3,24,25,26,27)/t21-/m1/s1. The van der Waals surface area contributed by atoms with Gasteiger partial charge in [-0.3, -0.25) is 9.88 Å². The van der Waals surface area contributed by atoms with Gasteiger partial charge in [-0.1, -0.05) is 19.1 Å². The molecule has 0 spiro atoms. The van der Waals surface area contributed by atoms with Crippen molar-refractivity contribution in [3.05, 3.63) is 35.9 Å². The first-order chi connectivity index (χ1) is 15.7. The van der Waals surface area contributed by atoms with Crippen LogP contribution < -0.4 is 30.0 Å². The van der Waals surface area contributed by atoms with Crippen LogP contribution in [0.5, 0.6) is 23.0 Å². The van der Waals surface area contributed by atoms with Crippen LogP contribution in [0.15, 0.2) is 35.3 Å². The molecule has 0 amide bonds. The Labute approximate surface area is 186 Å². The lowest BCUT2D eigenvalue weighted by Crippen LogP contribution is -2.31. The zero-order valence-electron chi connectivity index (χ0n) is 18.3. The molecule has 0 aliphatic carbocycles. The number of rotatable bonds is 6. The fraction of sp³-hybridized carbons (Fsp3) is 0.391. The number of fused-ring (bicyclic) bond motifs is 4. The van der Waals surface area contributed by atoms with E-state index in [9.17, 15) is 0 Å². The fourth-order valence-corrected chi connectivity index (χ4v) is 4.00. The van der Waals surface area contributed by atoms with Crippen LogP contribution in [0.2, 0.25) is 0 Å². The maximum absolute atomic E-state index is 6.15. The second-order valence-corrected chi connectivity index (χ2v) is 7.61. The minimum atomic E-state index is -0.478. The number of ether oxygens (including phenoxy) is 4. The Morgan fingerprint density at radius 2 is 1.97 bits per heavy atom. The number of nitrogens with zero attached hydrogens (tertiary/aromatic N) is 3. The van der Waals surface area contributed by atoms with Crippen molar-refractivity contribution < 1.29 is 18.9 Å². The molecule has 5 rings (SSSR count). The molecule has 9 nitrogen and oxygen atoms in total. The van der Waals surface area contributed by atoms with Crippen molar-refractivity contribution in [3.8, 4) is 23.0 Å². The lowest BCUT2D eigenvalue weighted by Gasteiger charge is -2.26. The number of imidazole rings is 1. The molecule has 0 saturated heterocycles. The molecule has 2 aliphatic heterocycles. The molecule has 0 bridgehead atoms. The summed E-state index contributed by atoms with van der Waals surface area (Å²) in [4.78, 5) is 9.47. The molecule has 0 unspecified atom stereocenters. The van der Waals surface area contributed by atoms with Crippen LogP contribution in [0, 0.1) is 0 Å². The Morgan fingerprint density at radius 3 is 2.75 bits per heavy atom. The maximum atomic E-state index is 6.15. The van der Waals surface area contributed by atoms with Gasteiger partial charge in [-0.05, 0) is 19.4 Å². The second-order valence-electron chi connectivity index (χ2n) is 7.61. The average molecular weight is 438 g/mol. The summed E-state index contributed by atoms with van der Waals surface area (Å²) in [6, 6.07) is 9.69. The highest BCUT2D eigenvalue weighted by Gasteiger charge is 2.30. The van der Waals surface area contributed by atoms with Crippen LogP contribution in [0.3, 0.4) is 0 Å². The van der Waals surface area contributed by atoms with E-state index in [1.807, 2.05) is 41.8 Å². The second kappa shape index (κ2) is 8.49. The Kier molecular flexibility index (Phi) is 5.38. The highest BCUT2D eigenvalue weighted by atomic mass is 16.5. The number of nitrogens with two attached hydrogens (primary N) is 1. The molecule has 2 aliphatic rings. The Morgan fingerprint density at radius 1 is 1.16 bits per heavy atom. The predicted molar refractivity (Wildman–Crippen MR) is 122 cm³/mol. The summed E-state index contributed by atoms with van der Waals surface area (Å²) in [5.41, 5.74) is 8.63. The summed E-state index contributed by atoms with van der Waals surface area (Å²) in [6.07, 6.45) is 1.24. The van der Waals surface area contributed by atoms with Crippen molar-refractivity contribution in [2.45, 2.75) is 32.9 Å². The van der Waals surface area contributed by atoms with Crippen molar-refractivity contribution in [3.63, 3.8) is 0 Å². The van der Waals surface area contributed by atoms with Crippen molar-refractivity contribution in [1.82, 2.24) is 9.55 Å². The summed E-state index contributed by atoms with van der Waals surface area (Å²) >= 11 is 0. The van der Waals surface area contributed by atoms with Crippen molar-refractivity contribution >= 4 is 22.9 Å². The quantitative estimate of drug-likeness (QED) is 0.606. The van der Waals surface area contributed by atoms with E-state index in [2.05, 4.69) is 12.2 Å². The van der Waals surface area contributed by atoms with Gasteiger partial charge in [-0.2, -0.15) is 0 Å². The first-order valence-corrected chi connectivity index (χ1v) is 11.0. The molecule has 168 valence electrons. The number of aliphatic imine (C=N–C) groups is 1. The number of hydrogen-bond acceptors (Lipinski definition) is 8. The average Bonchev–Trinajstić information content (AvgIpc) is 2.97. The van der Waals surface area contributed by atoms with E-state index in [0.717, 1.165) is 29.4 Å². The highest BCUT2D eigenvalue weighted by molar-refractivity contribution is 5.95. The molecule has 1 atom stereocenters. The third-order valence-electron chi connectivity index (χ3n) is 5.34. The third kappa shape index (κ3) is 3.53. The molecule has 3 aromatic rings. The summed E-state index contributed by atoms with van der Waals surface area (Å²) < 4.78 is 25.8. The van der Waals surface area contributed by atoms with Crippen LogP contribution in [-0.4, -0.2) is 41.9 Å². The topological polar surface area (TPSA) is 105 Å². The van der Waals surface area contributed by atoms with E-state index in [0.29, 0.717) is 55.4 Å². The van der Waals surface area contributed by atoms with E-state index in [1.54, 1.807) is 0 Å². The Balaban J connectivity index is 1.68. The molecule has 0 saturated carbocycles. The van der Waals surface area contributed by atoms with Crippen molar-refractivity contribution in [2.75, 3.05) is 31.7 Å². The van der Waals surface area contributed by atoms with E-state index < -0.39 is 6.17 Å². The van der Waals surface area contributed by atoms with Crippen molar-refractivity contribution in [1.29, 1.82) is 0 Å². The van der Waals surface area contributed by atoms with E-state index in [4.69, 9.17) is 34.7 Å². The summed E-state index contributed by atoms with van der Waals surface area (Å²) in [5.74, 6) is 3.63. The predicted octanol–water partition coefficient (Wildman–Crippen LogP) is 3.67. The Hall–Kier alpha value is -3.62. The van der Waals surface area contributed by atoms with Gasteiger partial charge in [0.1, 0.15) is 0 Å². The number of nitrogens with one attached hydrogen (secondary N) is 1. The van der Waals surface area contributed by atoms with Gasteiger partial charge in [0.25, 0.3) is 0 Å². The summed E-state index contributed by atoms with van der Waals surface area (Å²) in [6.45, 7) is 6.35. The normalized spacial score (nSPS) is 17.2. The SMILES string of the molecule is CCCOc1c(OCC)cccc1[C@@H]1N=C(N)Nc2nc3cc4c(cc3n21)OCCCO4. The van der Waals surface area contributed by atoms with Crippen LogP contribution in [0.4, 0.5) is 5.95 Å². The fourth-order valence-electron chi connectivity index (χ4n) is 4.00. The van der Waals surface area contributed by atoms with Gasteiger partial charge in [0.05, 0.1) is 37.5 Å². The number of benzene rings is 2. The number of aromatic nitrogens is 2. The molecule has 0 radical (unpaired) electrons. The van der Waals surface area contributed by atoms with Gasteiger partial charge in [0, 0.05) is 24.1 Å². The van der Waals surface area contributed by atoms with Gasteiger partial charge in [-0.15, -0.1) is 0 Å². The maximum Gasteiger partial charge on any atom is 0.212 e. The molecular formula is C23H27N5O4. The van der Waals surface area contributed by atoms with Crippen molar-refractivity contribution in [2.24, 2.45) is 10.7 Å². The zero-order valence-corrected chi connectivity index (χ0v) is 18.3. The summed E-state index contributed by atoms with van der Waals surface area (Å²) in [7, 11) is 0. The minimum absolute atomic E-state index is 0.287.